The van der Waals surface area contributed by atoms with Crippen LogP contribution in [0.1, 0.15) is 24.1 Å². The lowest BCUT2D eigenvalue weighted by atomic mass is 10.1. The molecule has 6 nitrogen and oxygen atoms in total. The molecule has 26 heavy (non-hydrogen) atoms. The molecule has 0 aliphatic rings. The number of methoxy groups -OCH3 is 4. The first-order valence-corrected chi connectivity index (χ1v) is 8.25. The average Bonchev–Trinajstić information content (AvgIpc) is 2.66. The SMILES string of the molecule is COc1ccccc1CC(=O)NC(C)c1cc(OC)c(OC)c(OC)c1. The predicted octanol–water partition coefficient (Wildman–Crippen LogP) is 3.14. The Labute approximate surface area is 154 Å². The van der Waals surface area contributed by atoms with Gasteiger partial charge in [-0.25, -0.2) is 0 Å². The van der Waals surface area contributed by atoms with Crippen molar-refractivity contribution in [2.24, 2.45) is 0 Å². The van der Waals surface area contributed by atoms with Crippen molar-refractivity contribution >= 4 is 5.91 Å². The molecule has 0 aliphatic heterocycles. The lowest BCUT2D eigenvalue weighted by molar-refractivity contribution is -0.121. The van der Waals surface area contributed by atoms with Gasteiger partial charge in [-0.15, -0.1) is 0 Å². The molecule has 6 heteroatoms. The summed E-state index contributed by atoms with van der Waals surface area (Å²) in [5, 5.41) is 2.99. The van der Waals surface area contributed by atoms with Crippen molar-refractivity contribution in [1.82, 2.24) is 5.32 Å². The van der Waals surface area contributed by atoms with E-state index in [0.717, 1.165) is 11.1 Å². The van der Waals surface area contributed by atoms with Gasteiger partial charge >= 0.3 is 0 Å². The highest BCUT2D eigenvalue weighted by atomic mass is 16.5. The first-order chi connectivity index (χ1) is 12.5. The number of para-hydroxylation sites is 1. The Morgan fingerprint density at radius 2 is 1.50 bits per heavy atom. The van der Waals surface area contributed by atoms with E-state index < -0.39 is 0 Å². The lowest BCUT2D eigenvalue weighted by Crippen LogP contribution is -2.28. The van der Waals surface area contributed by atoms with Crippen LogP contribution in [0.25, 0.3) is 0 Å². The van der Waals surface area contributed by atoms with Crippen LogP contribution in [0.5, 0.6) is 23.0 Å². The van der Waals surface area contributed by atoms with Gasteiger partial charge in [0.15, 0.2) is 11.5 Å². The minimum atomic E-state index is -0.231. The number of nitrogens with one attached hydrogen (secondary N) is 1. The second-order valence-corrected chi connectivity index (χ2v) is 5.74. The van der Waals surface area contributed by atoms with E-state index in [2.05, 4.69) is 5.32 Å². The van der Waals surface area contributed by atoms with Crippen molar-refractivity contribution in [1.29, 1.82) is 0 Å². The van der Waals surface area contributed by atoms with E-state index in [4.69, 9.17) is 18.9 Å². The van der Waals surface area contributed by atoms with Crippen molar-refractivity contribution in [2.45, 2.75) is 19.4 Å². The van der Waals surface area contributed by atoms with Gasteiger partial charge in [-0.2, -0.15) is 0 Å². The second-order valence-electron chi connectivity index (χ2n) is 5.74. The zero-order chi connectivity index (χ0) is 19.1. The summed E-state index contributed by atoms with van der Waals surface area (Å²) < 4.78 is 21.4. The molecule has 0 saturated heterocycles. The van der Waals surface area contributed by atoms with Crippen molar-refractivity contribution in [2.75, 3.05) is 28.4 Å². The zero-order valence-corrected chi connectivity index (χ0v) is 15.8. The van der Waals surface area contributed by atoms with E-state index in [9.17, 15) is 4.79 Å². The molecule has 0 heterocycles. The summed E-state index contributed by atoms with van der Waals surface area (Å²) in [4.78, 5) is 12.4. The van der Waals surface area contributed by atoms with Crippen LogP contribution >= 0.6 is 0 Å². The number of hydrogen-bond acceptors (Lipinski definition) is 5. The predicted molar refractivity (Wildman–Crippen MR) is 99.4 cm³/mol. The molecule has 0 radical (unpaired) electrons. The fourth-order valence-corrected chi connectivity index (χ4v) is 2.75. The van der Waals surface area contributed by atoms with Crippen molar-refractivity contribution < 1.29 is 23.7 Å². The van der Waals surface area contributed by atoms with Crippen LogP contribution in [0.15, 0.2) is 36.4 Å². The Balaban J connectivity index is 2.16. The van der Waals surface area contributed by atoms with E-state index in [1.54, 1.807) is 28.4 Å². The van der Waals surface area contributed by atoms with Gasteiger partial charge in [-0.3, -0.25) is 4.79 Å². The monoisotopic (exact) mass is 359 g/mol. The summed E-state index contributed by atoms with van der Waals surface area (Å²) in [7, 11) is 6.27. The number of carbonyl (C=O) groups is 1. The van der Waals surface area contributed by atoms with Crippen LogP contribution < -0.4 is 24.3 Å². The first kappa shape index (κ1) is 19.4. The molecular formula is C20H25NO5. The number of carbonyl (C=O) groups excluding carboxylic acids is 1. The van der Waals surface area contributed by atoms with Gasteiger partial charge in [0.1, 0.15) is 5.75 Å². The molecule has 2 aromatic rings. The number of rotatable bonds is 8. The number of ether oxygens (including phenoxy) is 4. The minimum Gasteiger partial charge on any atom is -0.496 e. The largest absolute Gasteiger partial charge is 0.496 e. The van der Waals surface area contributed by atoms with Gasteiger partial charge < -0.3 is 24.3 Å². The fraction of sp³-hybridized carbons (Fsp3) is 0.350. The fourth-order valence-electron chi connectivity index (χ4n) is 2.75. The maximum absolute atomic E-state index is 12.4. The summed E-state index contributed by atoms with van der Waals surface area (Å²) >= 11 is 0. The van der Waals surface area contributed by atoms with E-state index in [1.807, 2.05) is 43.3 Å². The molecule has 1 amide bonds. The van der Waals surface area contributed by atoms with Crippen molar-refractivity contribution in [3.8, 4) is 23.0 Å². The quantitative estimate of drug-likeness (QED) is 0.784. The lowest BCUT2D eigenvalue weighted by Gasteiger charge is -2.19. The Bertz CT molecular complexity index is 735. The second kappa shape index (κ2) is 8.99. The molecule has 0 fully saturated rings. The molecule has 0 spiro atoms. The molecule has 0 saturated carbocycles. The molecule has 2 rings (SSSR count). The standard InChI is InChI=1S/C20H25NO5/c1-13(15-10-17(24-3)20(26-5)18(11-15)25-4)21-19(22)12-14-8-6-7-9-16(14)23-2/h6-11,13H,12H2,1-5H3,(H,21,22). The maximum atomic E-state index is 12.4. The highest BCUT2D eigenvalue weighted by molar-refractivity contribution is 5.79. The minimum absolute atomic E-state index is 0.101. The van der Waals surface area contributed by atoms with Crippen LogP contribution in [-0.2, 0) is 11.2 Å². The third-order valence-electron chi connectivity index (χ3n) is 4.11. The van der Waals surface area contributed by atoms with Crippen LogP contribution in [0, 0.1) is 0 Å². The van der Waals surface area contributed by atoms with Gasteiger partial charge in [0, 0.05) is 5.56 Å². The summed E-state index contributed by atoms with van der Waals surface area (Å²) in [6.45, 7) is 1.90. The molecule has 0 aromatic heterocycles. The van der Waals surface area contributed by atoms with Crippen LogP contribution in [0.4, 0.5) is 0 Å². The Morgan fingerprint density at radius 3 is 2.04 bits per heavy atom. The zero-order valence-electron chi connectivity index (χ0n) is 15.8. The Morgan fingerprint density at radius 1 is 0.923 bits per heavy atom. The van der Waals surface area contributed by atoms with E-state index >= 15 is 0 Å². The molecule has 1 unspecified atom stereocenters. The third kappa shape index (κ3) is 4.39. The number of benzene rings is 2. The maximum Gasteiger partial charge on any atom is 0.225 e. The first-order valence-electron chi connectivity index (χ1n) is 8.25. The van der Waals surface area contributed by atoms with Crippen LogP contribution in [0.2, 0.25) is 0 Å². The normalized spacial score (nSPS) is 11.4. The van der Waals surface area contributed by atoms with E-state index in [1.165, 1.54) is 0 Å². The molecule has 140 valence electrons. The number of amides is 1. The van der Waals surface area contributed by atoms with Gasteiger partial charge in [0.2, 0.25) is 11.7 Å². The number of hydrogen-bond donors (Lipinski definition) is 1. The molecular weight excluding hydrogens is 334 g/mol. The summed E-state index contributed by atoms with van der Waals surface area (Å²) in [6, 6.07) is 10.9. The molecule has 1 atom stereocenters. The summed E-state index contributed by atoms with van der Waals surface area (Å²) in [5.74, 6) is 2.21. The van der Waals surface area contributed by atoms with Gasteiger partial charge in [-0.05, 0) is 30.7 Å². The Hall–Kier alpha value is -2.89. The molecule has 0 bridgehead atoms. The van der Waals surface area contributed by atoms with Crippen molar-refractivity contribution in [3.63, 3.8) is 0 Å². The molecule has 2 aromatic carbocycles. The van der Waals surface area contributed by atoms with Gasteiger partial charge in [-0.1, -0.05) is 18.2 Å². The van der Waals surface area contributed by atoms with Crippen LogP contribution in [0.3, 0.4) is 0 Å². The van der Waals surface area contributed by atoms with Gasteiger partial charge in [0.05, 0.1) is 40.9 Å². The summed E-state index contributed by atoms with van der Waals surface area (Å²) in [6.07, 6.45) is 0.235. The third-order valence-corrected chi connectivity index (χ3v) is 4.11. The van der Waals surface area contributed by atoms with Gasteiger partial charge in [0.25, 0.3) is 0 Å². The topological polar surface area (TPSA) is 66.0 Å². The smallest absolute Gasteiger partial charge is 0.225 e. The highest BCUT2D eigenvalue weighted by Gasteiger charge is 2.18. The molecule has 0 aliphatic carbocycles. The van der Waals surface area contributed by atoms with Crippen LogP contribution in [-0.4, -0.2) is 34.3 Å². The van der Waals surface area contributed by atoms with E-state index in [-0.39, 0.29) is 18.4 Å². The highest BCUT2D eigenvalue weighted by Crippen LogP contribution is 2.39. The van der Waals surface area contributed by atoms with Crippen molar-refractivity contribution in [3.05, 3.63) is 47.5 Å². The summed E-state index contributed by atoms with van der Waals surface area (Å²) in [5.41, 5.74) is 1.69. The average molecular weight is 359 g/mol. The Kier molecular flexibility index (Phi) is 6.72. The molecule has 1 N–H and O–H groups in total. The van der Waals surface area contributed by atoms with E-state index in [0.29, 0.717) is 23.0 Å².